The molecule has 112 valence electrons. The molecular weight excluding hydrogens is 274 g/mol. The smallest absolute Gasteiger partial charge is 0.242 e. The molecule has 1 saturated heterocycles. The number of hydrogen-bond acceptors (Lipinski definition) is 4. The van der Waals surface area contributed by atoms with E-state index in [1.165, 1.54) is 18.4 Å². The predicted molar refractivity (Wildman–Crippen MR) is 82.3 cm³/mol. The topological polar surface area (TPSA) is 66.6 Å². The van der Waals surface area contributed by atoms with Crippen molar-refractivity contribution < 1.29 is 8.42 Å². The summed E-state index contributed by atoms with van der Waals surface area (Å²) in [4.78, 5) is 2.47. The van der Waals surface area contributed by atoms with E-state index >= 15 is 0 Å². The first-order valence-electron chi connectivity index (χ1n) is 6.80. The van der Waals surface area contributed by atoms with Crippen molar-refractivity contribution in [2.24, 2.45) is 11.8 Å². The molecule has 2 rings (SSSR count). The first-order chi connectivity index (χ1) is 9.23. The van der Waals surface area contributed by atoms with Crippen molar-refractivity contribution in [3.05, 3.63) is 18.2 Å². The Hall–Kier alpha value is -1.27. The molecule has 1 fully saturated rings. The first-order valence-corrected chi connectivity index (χ1v) is 8.24. The van der Waals surface area contributed by atoms with Gasteiger partial charge in [0.15, 0.2) is 0 Å². The number of benzene rings is 1. The van der Waals surface area contributed by atoms with Gasteiger partial charge in [0.1, 0.15) is 0 Å². The highest BCUT2D eigenvalue weighted by molar-refractivity contribution is 7.89. The van der Waals surface area contributed by atoms with Crippen LogP contribution in [0.2, 0.25) is 0 Å². The maximum atomic E-state index is 12.2. The zero-order valence-corrected chi connectivity index (χ0v) is 13.3. The van der Waals surface area contributed by atoms with E-state index in [-0.39, 0.29) is 0 Å². The summed E-state index contributed by atoms with van der Waals surface area (Å²) in [5, 5.41) is 0. The highest BCUT2D eigenvalue weighted by Gasteiger charge is 2.28. The molecule has 0 amide bonds. The highest BCUT2D eigenvalue weighted by Crippen LogP contribution is 2.33. The molecule has 0 aromatic heterocycles. The van der Waals surface area contributed by atoms with Gasteiger partial charge in [-0.15, -0.1) is 0 Å². The molecule has 2 N–H and O–H groups in total. The van der Waals surface area contributed by atoms with Gasteiger partial charge in [-0.25, -0.2) is 12.7 Å². The Morgan fingerprint density at radius 3 is 2.25 bits per heavy atom. The van der Waals surface area contributed by atoms with Gasteiger partial charge in [0, 0.05) is 27.2 Å². The zero-order chi connectivity index (χ0) is 15.1. The Kier molecular flexibility index (Phi) is 3.97. The lowest BCUT2D eigenvalue weighted by Crippen LogP contribution is -2.24. The molecule has 0 bridgehead atoms. The van der Waals surface area contributed by atoms with Crippen LogP contribution < -0.4 is 10.6 Å². The molecule has 0 saturated carbocycles. The molecule has 20 heavy (non-hydrogen) atoms. The second-order valence-electron chi connectivity index (χ2n) is 5.87. The number of nitrogens with two attached hydrogens (primary N) is 1. The van der Waals surface area contributed by atoms with Gasteiger partial charge in [-0.3, -0.25) is 0 Å². The van der Waals surface area contributed by atoms with Crippen LogP contribution in [0.1, 0.15) is 13.8 Å². The van der Waals surface area contributed by atoms with Gasteiger partial charge < -0.3 is 10.6 Å². The lowest BCUT2D eigenvalue weighted by Gasteiger charge is -2.22. The summed E-state index contributed by atoms with van der Waals surface area (Å²) in [7, 11) is -0.355. The van der Waals surface area contributed by atoms with Crippen molar-refractivity contribution in [1.29, 1.82) is 0 Å². The van der Waals surface area contributed by atoms with Crippen molar-refractivity contribution >= 4 is 21.4 Å². The minimum Gasteiger partial charge on any atom is -0.397 e. The van der Waals surface area contributed by atoms with Gasteiger partial charge in [0.05, 0.1) is 16.3 Å². The largest absolute Gasteiger partial charge is 0.397 e. The SMILES string of the molecule is CC1CN(c2cc(S(=O)(=O)N(C)C)ccc2N)CC1C. The number of rotatable bonds is 3. The third-order valence-electron chi connectivity index (χ3n) is 4.11. The molecule has 2 unspecified atom stereocenters. The fourth-order valence-corrected chi connectivity index (χ4v) is 3.42. The molecule has 1 aromatic carbocycles. The van der Waals surface area contributed by atoms with Gasteiger partial charge >= 0.3 is 0 Å². The van der Waals surface area contributed by atoms with Crippen LogP contribution in [0, 0.1) is 11.8 Å². The molecule has 0 spiro atoms. The Balaban J connectivity index is 2.41. The molecule has 1 aliphatic heterocycles. The summed E-state index contributed by atoms with van der Waals surface area (Å²) in [6.07, 6.45) is 0. The van der Waals surface area contributed by atoms with E-state index in [0.29, 0.717) is 22.4 Å². The van der Waals surface area contributed by atoms with E-state index in [2.05, 4.69) is 18.7 Å². The van der Waals surface area contributed by atoms with Gasteiger partial charge in [0.2, 0.25) is 10.0 Å². The van der Waals surface area contributed by atoms with E-state index in [4.69, 9.17) is 5.73 Å². The van der Waals surface area contributed by atoms with Crippen molar-refractivity contribution in [3.8, 4) is 0 Å². The predicted octanol–water partition coefficient (Wildman–Crippen LogP) is 1.61. The second kappa shape index (κ2) is 5.26. The summed E-state index contributed by atoms with van der Waals surface area (Å²) in [6.45, 7) is 6.25. The summed E-state index contributed by atoms with van der Waals surface area (Å²) in [5.74, 6) is 1.17. The number of anilines is 2. The molecule has 0 radical (unpaired) electrons. The third-order valence-corrected chi connectivity index (χ3v) is 5.92. The second-order valence-corrected chi connectivity index (χ2v) is 8.02. The summed E-state index contributed by atoms with van der Waals surface area (Å²) >= 11 is 0. The molecular formula is C14H23N3O2S. The Labute approximate surface area is 121 Å². The van der Waals surface area contributed by atoms with Crippen LogP contribution in [0.4, 0.5) is 11.4 Å². The minimum atomic E-state index is -3.42. The maximum absolute atomic E-state index is 12.2. The molecule has 1 heterocycles. The average Bonchev–Trinajstić information content (AvgIpc) is 2.69. The average molecular weight is 297 g/mol. The van der Waals surface area contributed by atoms with E-state index in [1.807, 2.05) is 0 Å². The standard InChI is InChI=1S/C14H23N3O2S/c1-10-8-17(9-11(10)2)14-7-12(5-6-13(14)15)20(18,19)16(3)4/h5-7,10-11H,8-9,15H2,1-4H3. The third kappa shape index (κ3) is 2.62. The van der Waals surface area contributed by atoms with Crippen molar-refractivity contribution in [2.75, 3.05) is 37.8 Å². The van der Waals surface area contributed by atoms with Gasteiger partial charge in [-0.05, 0) is 30.0 Å². The van der Waals surface area contributed by atoms with Crippen LogP contribution in [0.15, 0.2) is 23.1 Å². The number of hydrogen-bond donors (Lipinski definition) is 1. The van der Waals surface area contributed by atoms with Gasteiger partial charge in [-0.2, -0.15) is 0 Å². The van der Waals surface area contributed by atoms with Crippen LogP contribution in [-0.4, -0.2) is 39.9 Å². The van der Waals surface area contributed by atoms with E-state index < -0.39 is 10.0 Å². The Morgan fingerprint density at radius 1 is 1.20 bits per heavy atom. The van der Waals surface area contributed by atoms with Crippen molar-refractivity contribution in [3.63, 3.8) is 0 Å². The molecule has 2 atom stereocenters. The van der Waals surface area contributed by atoms with Crippen LogP contribution >= 0.6 is 0 Å². The first kappa shape index (κ1) is 15.1. The van der Waals surface area contributed by atoms with Crippen LogP contribution in [0.3, 0.4) is 0 Å². The number of nitrogen functional groups attached to an aromatic ring is 1. The summed E-state index contributed by atoms with van der Waals surface area (Å²) < 4.78 is 25.6. The van der Waals surface area contributed by atoms with Crippen LogP contribution in [0.5, 0.6) is 0 Å². The molecule has 1 aliphatic rings. The lowest BCUT2D eigenvalue weighted by atomic mass is 10.0. The number of nitrogens with zero attached hydrogens (tertiary/aromatic N) is 2. The monoisotopic (exact) mass is 297 g/mol. The van der Waals surface area contributed by atoms with E-state index in [0.717, 1.165) is 18.8 Å². The van der Waals surface area contributed by atoms with E-state index in [1.54, 1.807) is 18.2 Å². The molecule has 6 heteroatoms. The van der Waals surface area contributed by atoms with E-state index in [9.17, 15) is 8.42 Å². The Morgan fingerprint density at radius 2 is 1.75 bits per heavy atom. The van der Waals surface area contributed by atoms with Crippen LogP contribution in [-0.2, 0) is 10.0 Å². The zero-order valence-electron chi connectivity index (χ0n) is 12.5. The fourth-order valence-electron chi connectivity index (χ4n) is 2.49. The molecule has 1 aromatic rings. The van der Waals surface area contributed by atoms with Crippen molar-refractivity contribution in [1.82, 2.24) is 4.31 Å². The fraction of sp³-hybridized carbons (Fsp3) is 0.571. The quantitative estimate of drug-likeness (QED) is 0.861. The molecule has 0 aliphatic carbocycles. The minimum absolute atomic E-state index is 0.291. The Bertz CT molecular complexity index is 588. The summed E-state index contributed by atoms with van der Waals surface area (Å²) in [5.41, 5.74) is 7.48. The summed E-state index contributed by atoms with van der Waals surface area (Å²) in [6, 6.07) is 4.94. The maximum Gasteiger partial charge on any atom is 0.242 e. The molecule has 5 nitrogen and oxygen atoms in total. The van der Waals surface area contributed by atoms with Gasteiger partial charge in [-0.1, -0.05) is 13.8 Å². The van der Waals surface area contributed by atoms with Gasteiger partial charge in [0.25, 0.3) is 0 Å². The van der Waals surface area contributed by atoms with Crippen LogP contribution in [0.25, 0.3) is 0 Å². The number of sulfonamides is 1. The highest BCUT2D eigenvalue weighted by atomic mass is 32.2. The normalized spacial score (nSPS) is 23.6. The van der Waals surface area contributed by atoms with Crippen molar-refractivity contribution in [2.45, 2.75) is 18.7 Å². The lowest BCUT2D eigenvalue weighted by molar-refractivity contribution is 0.494.